The van der Waals surface area contributed by atoms with E-state index in [4.69, 9.17) is 23.0 Å². The molecule has 0 bridgehead atoms. The maximum absolute atomic E-state index is 6.22. The van der Waals surface area contributed by atoms with Gasteiger partial charge in [-0.3, -0.25) is 0 Å². The average molecular weight is 213 g/mol. The molecule has 0 rings (SSSR count). The molecule has 0 amide bonds. The fraction of sp³-hybridized carbons (Fsp3) is 1.00. The molecule has 0 heterocycles. The second-order valence-electron chi connectivity index (χ2n) is 2.94. The monoisotopic (exact) mass is 212 g/mol. The van der Waals surface area contributed by atoms with Crippen LogP contribution in [-0.2, 0) is 11.8 Å². The summed E-state index contributed by atoms with van der Waals surface area (Å²) < 4.78 is 0. The summed E-state index contributed by atoms with van der Waals surface area (Å²) in [5.74, 6) is 0. The van der Waals surface area contributed by atoms with Gasteiger partial charge in [-0.15, -0.1) is 0 Å². The van der Waals surface area contributed by atoms with Crippen LogP contribution in [0, 0.1) is 0 Å². The molecule has 3 heteroatoms. The molecule has 0 unspecified atom stereocenters. The SMILES string of the molecule is CCCCP(=S)(Cl)CCCC. The molecule has 0 aliphatic rings. The van der Waals surface area contributed by atoms with Gasteiger partial charge < -0.3 is 0 Å². The predicted octanol–water partition coefficient (Wildman–Crippen LogP) is 4.22. The van der Waals surface area contributed by atoms with Crippen molar-refractivity contribution in [2.45, 2.75) is 39.5 Å². The highest BCUT2D eigenvalue weighted by Gasteiger charge is 2.10. The molecule has 11 heavy (non-hydrogen) atoms. The average Bonchev–Trinajstić information content (AvgIpc) is 1.97. The Labute approximate surface area is 80.5 Å². The van der Waals surface area contributed by atoms with Crippen LogP contribution in [0.15, 0.2) is 0 Å². The smallest absolute Gasteiger partial charge is 0.0388 e. The van der Waals surface area contributed by atoms with E-state index in [9.17, 15) is 0 Å². The van der Waals surface area contributed by atoms with Crippen LogP contribution in [0.4, 0.5) is 0 Å². The molecular formula is C8H18ClPS. The summed E-state index contributed by atoms with van der Waals surface area (Å²) in [6.07, 6.45) is 7.06. The van der Waals surface area contributed by atoms with E-state index in [0.717, 1.165) is 12.3 Å². The molecular weight excluding hydrogens is 195 g/mol. The van der Waals surface area contributed by atoms with Crippen LogP contribution in [0.5, 0.6) is 0 Å². The van der Waals surface area contributed by atoms with E-state index in [2.05, 4.69) is 13.8 Å². The Bertz CT molecular complexity index is 124. The van der Waals surface area contributed by atoms with Crippen LogP contribution in [-0.4, -0.2) is 12.3 Å². The van der Waals surface area contributed by atoms with E-state index in [0.29, 0.717) is 0 Å². The molecule has 0 N–H and O–H groups in total. The van der Waals surface area contributed by atoms with Gasteiger partial charge in [-0.05, 0) is 25.2 Å². The van der Waals surface area contributed by atoms with Gasteiger partial charge in [-0.2, -0.15) is 0 Å². The Morgan fingerprint density at radius 3 is 1.73 bits per heavy atom. The number of hydrogen-bond acceptors (Lipinski definition) is 1. The van der Waals surface area contributed by atoms with Crippen LogP contribution in [0.3, 0.4) is 0 Å². The number of rotatable bonds is 6. The Morgan fingerprint density at radius 1 is 1.09 bits per heavy atom. The summed E-state index contributed by atoms with van der Waals surface area (Å²) in [5, 5.41) is -1.42. The zero-order valence-electron chi connectivity index (χ0n) is 7.48. The van der Waals surface area contributed by atoms with E-state index < -0.39 is 5.39 Å². The maximum atomic E-state index is 6.22. The highest BCUT2D eigenvalue weighted by atomic mass is 35.7. The third-order valence-electron chi connectivity index (χ3n) is 1.69. The second-order valence-corrected chi connectivity index (χ2v) is 10.1. The van der Waals surface area contributed by atoms with Crippen LogP contribution in [0.2, 0.25) is 0 Å². The van der Waals surface area contributed by atoms with Gasteiger partial charge in [-0.1, -0.05) is 49.7 Å². The summed E-state index contributed by atoms with van der Waals surface area (Å²) in [6, 6.07) is 0. The molecule has 0 aromatic heterocycles. The van der Waals surface area contributed by atoms with Crippen molar-refractivity contribution in [3.05, 3.63) is 0 Å². The van der Waals surface area contributed by atoms with Crippen molar-refractivity contribution in [3.63, 3.8) is 0 Å². The molecule has 0 fully saturated rings. The van der Waals surface area contributed by atoms with Crippen molar-refractivity contribution in [3.8, 4) is 0 Å². The van der Waals surface area contributed by atoms with Crippen molar-refractivity contribution in [1.29, 1.82) is 0 Å². The lowest BCUT2D eigenvalue weighted by atomic mass is 10.4. The summed E-state index contributed by atoms with van der Waals surface area (Å²) in [6.45, 7) is 4.37. The number of unbranched alkanes of at least 4 members (excludes halogenated alkanes) is 2. The standard InChI is InChI=1S/C8H18ClPS/c1-3-5-7-10(9,11)8-6-4-2/h3-8H2,1-2H3. The van der Waals surface area contributed by atoms with Crippen molar-refractivity contribution in [2.75, 3.05) is 12.3 Å². The first kappa shape index (κ1) is 11.9. The van der Waals surface area contributed by atoms with Gasteiger partial charge in [-0.25, -0.2) is 0 Å². The van der Waals surface area contributed by atoms with Gasteiger partial charge in [0.15, 0.2) is 0 Å². The van der Waals surface area contributed by atoms with E-state index in [1.807, 2.05) is 0 Å². The van der Waals surface area contributed by atoms with Gasteiger partial charge >= 0.3 is 0 Å². The molecule has 0 aromatic rings. The zero-order chi connectivity index (χ0) is 8.74. The minimum absolute atomic E-state index is 1.10. The highest BCUT2D eigenvalue weighted by molar-refractivity contribution is 8.27. The zero-order valence-corrected chi connectivity index (χ0v) is 9.94. The topological polar surface area (TPSA) is 0 Å². The largest absolute Gasteiger partial charge is 0.0856 e. The molecule has 0 saturated heterocycles. The molecule has 0 aliphatic carbocycles. The van der Waals surface area contributed by atoms with Crippen molar-refractivity contribution in [1.82, 2.24) is 0 Å². The van der Waals surface area contributed by atoms with Gasteiger partial charge in [0, 0.05) is 5.39 Å². The van der Waals surface area contributed by atoms with Crippen molar-refractivity contribution < 1.29 is 0 Å². The van der Waals surface area contributed by atoms with Crippen molar-refractivity contribution in [2.24, 2.45) is 0 Å². The fourth-order valence-corrected chi connectivity index (χ4v) is 4.19. The minimum Gasteiger partial charge on any atom is -0.0856 e. The van der Waals surface area contributed by atoms with Crippen LogP contribution in [0.25, 0.3) is 0 Å². The van der Waals surface area contributed by atoms with Crippen molar-refractivity contribution >= 4 is 28.4 Å². The van der Waals surface area contributed by atoms with E-state index in [-0.39, 0.29) is 0 Å². The summed E-state index contributed by atoms with van der Waals surface area (Å²) in [5.41, 5.74) is 0. The summed E-state index contributed by atoms with van der Waals surface area (Å²) >= 11 is 11.6. The molecule has 0 saturated carbocycles. The lowest BCUT2D eigenvalue weighted by Gasteiger charge is -2.12. The lowest BCUT2D eigenvalue weighted by Crippen LogP contribution is -1.88. The summed E-state index contributed by atoms with van der Waals surface area (Å²) in [7, 11) is 0. The third-order valence-corrected chi connectivity index (χ3v) is 5.77. The number of halogens is 1. The lowest BCUT2D eigenvalue weighted by molar-refractivity contribution is 0.872. The van der Waals surface area contributed by atoms with Crippen LogP contribution < -0.4 is 0 Å². The van der Waals surface area contributed by atoms with Crippen LogP contribution in [0.1, 0.15) is 39.5 Å². The Hall–Kier alpha value is 0.940. The highest BCUT2D eigenvalue weighted by Crippen LogP contribution is 2.52. The minimum atomic E-state index is -1.42. The first-order valence-corrected chi connectivity index (χ1v) is 8.48. The molecule has 0 atom stereocenters. The Morgan fingerprint density at radius 2 is 1.45 bits per heavy atom. The van der Waals surface area contributed by atoms with E-state index >= 15 is 0 Å². The van der Waals surface area contributed by atoms with Crippen LogP contribution >= 0.6 is 16.6 Å². The first-order valence-electron chi connectivity index (χ1n) is 4.40. The maximum Gasteiger partial charge on any atom is 0.0388 e. The molecule has 0 spiro atoms. The molecule has 0 nitrogen and oxygen atoms in total. The Balaban J connectivity index is 3.53. The van der Waals surface area contributed by atoms with E-state index in [1.165, 1.54) is 25.7 Å². The van der Waals surface area contributed by atoms with E-state index in [1.54, 1.807) is 0 Å². The third kappa shape index (κ3) is 7.31. The molecule has 0 aliphatic heterocycles. The molecule has 68 valence electrons. The quantitative estimate of drug-likeness (QED) is 0.594. The number of hydrogen-bond donors (Lipinski definition) is 0. The molecule has 0 radical (unpaired) electrons. The fourth-order valence-electron chi connectivity index (χ4n) is 0.900. The summed E-state index contributed by atoms with van der Waals surface area (Å²) in [4.78, 5) is 0. The Kier molecular flexibility index (Phi) is 7.01. The first-order chi connectivity index (χ1) is 5.12. The van der Waals surface area contributed by atoms with Gasteiger partial charge in [0.05, 0.1) is 0 Å². The van der Waals surface area contributed by atoms with Gasteiger partial charge in [0.2, 0.25) is 0 Å². The molecule has 0 aromatic carbocycles. The van der Waals surface area contributed by atoms with Gasteiger partial charge in [0.1, 0.15) is 0 Å². The normalized spacial score (nSPS) is 11.9. The van der Waals surface area contributed by atoms with Gasteiger partial charge in [0.25, 0.3) is 0 Å². The second kappa shape index (κ2) is 6.46. The predicted molar refractivity (Wildman–Crippen MR) is 59.7 cm³/mol.